The lowest BCUT2D eigenvalue weighted by Gasteiger charge is -2.38. The molecule has 1 heterocycles. The van der Waals surface area contributed by atoms with Crippen molar-refractivity contribution in [1.29, 1.82) is 0 Å². The highest BCUT2D eigenvalue weighted by Crippen LogP contribution is 2.36. The fraction of sp³-hybridized carbons (Fsp3) is 0.941. The van der Waals surface area contributed by atoms with E-state index < -0.39 is 11.7 Å². The molecular formula is C17H32N2O4. The molecule has 2 aliphatic rings. The van der Waals surface area contributed by atoms with Gasteiger partial charge >= 0.3 is 6.09 Å². The quantitative estimate of drug-likeness (QED) is 0.686. The first-order valence-electron chi connectivity index (χ1n) is 8.77. The van der Waals surface area contributed by atoms with Crippen molar-refractivity contribution in [3.8, 4) is 0 Å². The van der Waals surface area contributed by atoms with Gasteiger partial charge in [0.2, 0.25) is 0 Å². The minimum atomic E-state index is -0.509. The number of aliphatic hydroxyl groups is 2. The van der Waals surface area contributed by atoms with Crippen LogP contribution in [0.15, 0.2) is 0 Å². The second kappa shape index (κ2) is 7.81. The van der Waals surface area contributed by atoms with E-state index in [4.69, 9.17) is 4.74 Å². The number of ether oxygens (including phenoxy) is 1. The number of aliphatic hydroxyl groups excluding tert-OH is 2. The molecule has 23 heavy (non-hydrogen) atoms. The summed E-state index contributed by atoms with van der Waals surface area (Å²) in [6.45, 7) is 7.84. The van der Waals surface area contributed by atoms with E-state index in [0.29, 0.717) is 18.4 Å². The number of carbonyl (C=O) groups excluding carboxylic acids is 1. The molecule has 3 unspecified atom stereocenters. The van der Waals surface area contributed by atoms with Gasteiger partial charge in [-0.25, -0.2) is 4.79 Å². The Morgan fingerprint density at radius 3 is 2.61 bits per heavy atom. The summed E-state index contributed by atoms with van der Waals surface area (Å²) >= 11 is 0. The number of hydrogen-bond donors (Lipinski definition) is 3. The molecular weight excluding hydrogens is 296 g/mol. The van der Waals surface area contributed by atoms with E-state index in [1.165, 1.54) is 0 Å². The molecule has 1 saturated heterocycles. The normalized spacial score (nSPS) is 27.5. The third kappa shape index (κ3) is 6.65. The van der Waals surface area contributed by atoms with Crippen LogP contribution in [0.4, 0.5) is 4.79 Å². The maximum absolute atomic E-state index is 12.0. The summed E-state index contributed by atoms with van der Waals surface area (Å²) in [4.78, 5) is 14.2. The zero-order valence-electron chi connectivity index (χ0n) is 14.6. The van der Waals surface area contributed by atoms with Gasteiger partial charge in [-0.3, -0.25) is 4.90 Å². The summed E-state index contributed by atoms with van der Waals surface area (Å²) in [7, 11) is 0. The number of carbonyl (C=O) groups is 1. The van der Waals surface area contributed by atoms with E-state index in [2.05, 4.69) is 10.2 Å². The Morgan fingerprint density at radius 1 is 1.35 bits per heavy atom. The molecule has 0 aromatic heterocycles. The maximum atomic E-state index is 12.0. The van der Waals surface area contributed by atoms with Crippen LogP contribution in [-0.2, 0) is 4.74 Å². The first-order valence-corrected chi connectivity index (χ1v) is 8.77. The lowest BCUT2D eigenvalue weighted by atomic mass is 9.88. The van der Waals surface area contributed by atoms with Crippen LogP contribution in [0.3, 0.4) is 0 Å². The van der Waals surface area contributed by atoms with E-state index in [-0.39, 0.29) is 18.8 Å². The molecule has 0 radical (unpaired) electrons. The topological polar surface area (TPSA) is 82.0 Å². The third-order valence-corrected chi connectivity index (χ3v) is 4.49. The first-order chi connectivity index (χ1) is 10.8. The van der Waals surface area contributed by atoms with Gasteiger partial charge in [-0.2, -0.15) is 0 Å². The predicted molar refractivity (Wildman–Crippen MR) is 88.1 cm³/mol. The molecule has 0 bridgehead atoms. The Hall–Kier alpha value is -0.850. The van der Waals surface area contributed by atoms with Crippen molar-refractivity contribution in [2.24, 2.45) is 11.8 Å². The van der Waals surface area contributed by atoms with Gasteiger partial charge in [-0.05, 0) is 58.3 Å². The SMILES string of the molecule is CC(C)(C)OC(=O)NC1CC(CC(O)C2CC2)CN(CCO)C1. The van der Waals surface area contributed by atoms with Crippen LogP contribution < -0.4 is 5.32 Å². The Balaban J connectivity index is 1.87. The van der Waals surface area contributed by atoms with Gasteiger partial charge in [0.15, 0.2) is 0 Å². The summed E-state index contributed by atoms with van der Waals surface area (Å²) in [5.74, 6) is 0.811. The summed E-state index contributed by atoms with van der Waals surface area (Å²) in [5, 5.41) is 22.3. The fourth-order valence-electron chi connectivity index (χ4n) is 3.39. The number of alkyl carbamates (subject to hydrolysis) is 1. The summed E-state index contributed by atoms with van der Waals surface area (Å²) < 4.78 is 5.33. The Morgan fingerprint density at radius 2 is 2.04 bits per heavy atom. The highest BCUT2D eigenvalue weighted by atomic mass is 16.6. The van der Waals surface area contributed by atoms with Gasteiger partial charge in [0.25, 0.3) is 0 Å². The Kier molecular flexibility index (Phi) is 6.28. The van der Waals surface area contributed by atoms with Crippen molar-refractivity contribution in [3.05, 3.63) is 0 Å². The van der Waals surface area contributed by atoms with E-state index in [1.54, 1.807) is 0 Å². The molecule has 6 nitrogen and oxygen atoms in total. The van der Waals surface area contributed by atoms with Gasteiger partial charge in [-0.15, -0.1) is 0 Å². The molecule has 2 fully saturated rings. The number of piperidine rings is 1. The first kappa shape index (κ1) is 18.5. The predicted octanol–water partition coefficient (Wildman–Crippen LogP) is 1.35. The number of nitrogens with zero attached hydrogens (tertiary/aromatic N) is 1. The lowest BCUT2D eigenvalue weighted by molar-refractivity contribution is 0.0390. The van der Waals surface area contributed by atoms with E-state index in [9.17, 15) is 15.0 Å². The average molecular weight is 328 g/mol. The Labute approximate surface area is 139 Å². The molecule has 6 heteroatoms. The van der Waals surface area contributed by atoms with Gasteiger partial charge in [-0.1, -0.05) is 0 Å². The number of rotatable bonds is 6. The molecule has 1 aliphatic carbocycles. The maximum Gasteiger partial charge on any atom is 0.407 e. The second-order valence-corrected chi connectivity index (χ2v) is 8.07. The molecule has 0 aromatic rings. The van der Waals surface area contributed by atoms with Crippen molar-refractivity contribution in [2.75, 3.05) is 26.2 Å². The van der Waals surface area contributed by atoms with Crippen molar-refractivity contribution in [2.45, 2.75) is 64.2 Å². The second-order valence-electron chi connectivity index (χ2n) is 8.07. The zero-order valence-corrected chi connectivity index (χ0v) is 14.6. The van der Waals surface area contributed by atoms with Gasteiger partial charge in [0.05, 0.1) is 12.7 Å². The minimum absolute atomic E-state index is 0.00144. The van der Waals surface area contributed by atoms with Crippen molar-refractivity contribution >= 4 is 6.09 Å². The fourth-order valence-corrected chi connectivity index (χ4v) is 3.39. The third-order valence-electron chi connectivity index (χ3n) is 4.49. The van der Waals surface area contributed by atoms with Crippen molar-refractivity contribution in [1.82, 2.24) is 10.2 Å². The Bertz CT molecular complexity index is 393. The standard InChI is InChI=1S/C17H32N2O4/c1-17(2,3)23-16(22)18-14-8-12(9-15(21)13-4-5-13)10-19(11-14)6-7-20/h12-15,20-21H,4-11H2,1-3H3,(H,18,22). The van der Waals surface area contributed by atoms with E-state index in [1.807, 2.05) is 20.8 Å². The van der Waals surface area contributed by atoms with Crippen LogP contribution in [0.5, 0.6) is 0 Å². The number of amides is 1. The number of likely N-dealkylation sites (tertiary alicyclic amines) is 1. The number of hydrogen-bond acceptors (Lipinski definition) is 5. The average Bonchev–Trinajstić information content (AvgIpc) is 3.20. The molecule has 0 aromatic carbocycles. The van der Waals surface area contributed by atoms with Crippen molar-refractivity contribution in [3.63, 3.8) is 0 Å². The van der Waals surface area contributed by atoms with Crippen LogP contribution in [-0.4, -0.2) is 65.2 Å². The summed E-state index contributed by atoms with van der Waals surface area (Å²) in [6.07, 6.45) is 3.28. The molecule has 134 valence electrons. The van der Waals surface area contributed by atoms with Gasteiger partial charge < -0.3 is 20.3 Å². The largest absolute Gasteiger partial charge is 0.444 e. The van der Waals surface area contributed by atoms with Gasteiger partial charge in [0, 0.05) is 25.7 Å². The van der Waals surface area contributed by atoms with Gasteiger partial charge in [0.1, 0.15) is 5.60 Å². The van der Waals surface area contributed by atoms with Crippen molar-refractivity contribution < 1.29 is 19.7 Å². The highest BCUT2D eigenvalue weighted by Gasteiger charge is 2.35. The molecule has 1 saturated carbocycles. The minimum Gasteiger partial charge on any atom is -0.444 e. The van der Waals surface area contributed by atoms with E-state index in [0.717, 1.165) is 38.8 Å². The van der Waals surface area contributed by atoms with Crippen LogP contribution in [0.25, 0.3) is 0 Å². The van der Waals surface area contributed by atoms with E-state index >= 15 is 0 Å². The molecule has 3 atom stereocenters. The molecule has 2 rings (SSSR count). The molecule has 0 spiro atoms. The molecule has 3 N–H and O–H groups in total. The highest BCUT2D eigenvalue weighted by molar-refractivity contribution is 5.68. The smallest absolute Gasteiger partial charge is 0.407 e. The van der Waals surface area contributed by atoms with Crippen LogP contribution in [0, 0.1) is 11.8 Å². The number of nitrogens with one attached hydrogen (secondary N) is 1. The summed E-state index contributed by atoms with van der Waals surface area (Å²) in [5.41, 5.74) is -0.509. The van der Waals surface area contributed by atoms with Crippen LogP contribution in [0.2, 0.25) is 0 Å². The van der Waals surface area contributed by atoms with Crippen LogP contribution in [0.1, 0.15) is 46.5 Å². The number of β-amino-alcohol motifs (C(OH)–C–C–N with tert-alkyl or cyclic N) is 1. The monoisotopic (exact) mass is 328 g/mol. The summed E-state index contributed by atoms with van der Waals surface area (Å²) in [6, 6.07) is 0.00144. The van der Waals surface area contributed by atoms with Crippen LogP contribution >= 0.6 is 0 Å². The molecule has 1 amide bonds. The lowest BCUT2D eigenvalue weighted by Crippen LogP contribution is -2.52. The zero-order chi connectivity index (χ0) is 17.0. The molecule has 1 aliphatic heterocycles.